The van der Waals surface area contributed by atoms with Crippen LogP contribution in [0.5, 0.6) is 0 Å². The lowest BCUT2D eigenvalue weighted by Gasteiger charge is -2.23. The molecule has 1 atom stereocenters. The summed E-state index contributed by atoms with van der Waals surface area (Å²) < 4.78 is 34.8. The van der Waals surface area contributed by atoms with Crippen molar-refractivity contribution >= 4 is 5.78 Å². The molecule has 1 N–H and O–H groups in total. The average molecular weight is 168 g/mol. The van der Waals surface area contributed by atoms with Crippen molar-refractivity contribution in [3.05, 3.63) is 5.73 Å². The van der Waals surface area contributed by atoms with Crippen molar-refractivity contribution in [1.82, 2.24) is 0 Å². The molecule has 0 aliphatic rings. The maximum absolute atomic E-state index is 11.6. The molecule has 0 saturated carbocycles. The summed E-state index contributed by atoms with van der Waals surface area (Å²) in [6, 6.07) is -1.69. The average Bonchev–Trinajstić information content (AvgIpc) is 1.82. The van der Waals surface area contributed by atoms with E-state index in [1.54, 1.807) is 0 Å². The number of ketones is 1. The van der Waals surface area contributed by atoms with Crippen LogP contribution in [0, 0.1) is 5.92 Å². The van der Waals surface area contributed by atoms with Crippen LogP contribution < -0.4 is 0 Å². The summed E-state index contributed by atoms with van der Waals surface area (Å²) in [5.74, 6) is -2.56. The van der Waals surface area contributed by atoms with Gasteiger partial charge in [-0.2, -0.15) is 13.2 Å². The highest BCUT2D eigenvalue weighted by Gasteiger charge is 2.39. The number of halogens is 3. The van der Waals surface area contributed by atoms with Crippen molar-refractivity contribution in [3.8, 4) is 0 Å². The molecule has 0 rings (SSSR count). The summed E-state index contributed by atoms with van der Waals surface area (Å²) in [4.78, 5) is 10.3. The third kappa shape index (κ3) is 2.88. The number of carbonyl (C=O) groups is 1. The molecule has 0 radical (unpaired) electrons. The molecule has 0 saturated heterocycles. The molecule has 0 aromatic heterocycles. The van der Waals surface area contributed by atoms with Crippen molar-refractivity contribution in [3.63, 3.8) is 0 Å². The van der Waals surface area contributed by atoms with E-state index in [9.17, 15) is 18.0 Å². The molecule has 0 aliphatic heterocycles. The highest BCUT2D eigenvalue weighted by molar-refractivity contribution is 5.90. The standard InChI is InChI=1S/C6H9F3NO/c1-3(2)4(10)5(11)6(7,8)9/h3-4,10H,1-2H3/q-1/t4-/m0/s1. The number of carbonyl (C=O) groups excluding carboxylic acids is 1. The fourth-order valence-electron chi connectivity index (χ4n) is 0.479. The Balaban J connectivity index is 4.26. The maximum atomic E-state index is 11.6. The van der Waals surface area contributed by atoms with E-state index in [-0.39, 0.29) is 0 Å². The van der Waals surface area contributed by atoms with Gasteiger partial charge in [0.15, 0.2) is 0 Å². The molecule has 0 unspecified atom stereocenters. The second-order valence-electron chi connectivity index (χ2n) is 2.58. The van der Waals surface area contributed by atoms with Gasteiger partial charge in [0.2, 0.25) is 5.78 Å². The lowest BCUT2D eigenvalue weighted by atomic mass is 10.0. The van der Waals surface area contributed by atoms with E-state index in [2.05, 4.69) is 0 Å². The van der Waals surface area contributed by atoms with E-state index in [4.69, 9.17) is 5.73 Å². The van der Waals surface area contributed by atoms with Gasteiger partial charge in [-0.1, -0.05) is 25.8 Å². The minimum atomic E-state index is -4.86. The molecular formula is C6H9F3NO-. The summed E-state index contributed by atoms with van der Waals surface area (Å²) in [6.07, 6.45) is -4.86. The van der Waals surface area contributed by atoms with Crippen LogP contribution in [-0.2, 0) is 4.79 Å². The molecule has 66 valence electrons. The Bertz CT molecular complexity index is 152. The second-order valence-corrected chi connectivity index (χ2v) is 2.58. The molecule has 0 aliphatic carbocycles. The first-order chi connectivity index (χ1) is 4.76. The topological polar surface area (TPSA) is 40.9 Å². The van der Waals surface area contributed by atoms with Gasteiger partial charge in [0.25, 0.3) is 0 Å². The molecular weight excluding hydrogens is 159 g/mol. The molecule has 0 fully saturated rings. The van der Waals surface area contributed by atoms with Crippen molar-refractivity contribution in [2.24, 2.45) is 5.92 Å². The number of nitrogens with one attached hydrogen (secondary N) is 1. The van der Waals surface area contributed by atoms with Crippen LogP contribution in [0.4, 0.5) is 13.2 Å². The monoisotopic (exact) mass is 168 g/mol. The summed E-state index contributed by atoms with van der Waals surface area (Å²) >= 11 is 0. The Labute approximate surface area is 62.6 Å². The predicted octanol–water partition coefficient (Wildman–Crippen LogP) is 2.19. The highest BCUT2D eigenvalue weighted by atomic mass is 19.4. The Kier molecular flexibility index (Phi) is 3.04. The third-order valence-electron chi connectivity index (χ3n) is 1.23. The Morgan fingerprint density at radius 3 is 1.82 bits per heavy atom. The van der Waals surface area contributed by atoms with E-state index in [1.165, 1.54) is 13.8 Å². The lowest BCUT2D eigenvalue weighted by molar-refractivity contribution is -0.172. The van der Waals surface area contributed by atoms with Crippen LogP contribution in [0.1, 0.15) is 13.8 Å². The minimum Gasteiger partial charge on any atom is -0.668 e. The van der Waals surface area contributed by atoms with Gasteiger partial charge in [-0.05, 0) is 0 Å². The summed E-state index contributed by atoms with van der Waals surface area (Å²) in [5, 5.41) is 0. The van der Waals surface area contributed by atoms with Gasteiger partial charge in [-0.25, -0.2) is 0 Å². The van der Waals surface area contributed by atoms with Crippen molar-refractivity contribution in [2.45, 2.75) is 26.1 Å². The zero-order valence-corrected chi connectivity index (χ0v) is 6.20. The first-order valence-electron chi connectivity index (χ1n) is 3.09. The zero-order valence-electron chi connectivity index (χ0n) is 6.20. The third-order valence-corrected chi connectivity index (χ3v) is 1.23. The van der Waals surface area contributed by atoms with Gasteiger partial charge in [0.05, 0.1) is 0 Å². The fraction of sp³-hybridized carbons (Fsp3) is 0.833. The number of alkyl halides is 3. The first-order valence-corrected chi connectivity index (χ1v) is 3.09. The number of rotatable bonds is 2. The Hall–Kier alpha value is -0.580. The predicted molar refractivity (Wildman–Crippen MR) is 34.0 cm³/mol. The minimum absolute atomic E-state index is 0.593. The van der Waals surface area contributed by atoms with E-state index in [0.717, 1.165) is 0 Å². The van der Waals surface area contributed by atoms with Crippen LogP contribution in [-0.4, -0.2) is 18.0 Å². The van der Waals surface area contributed by atoms with Gasteiger partial charge in [-0.3, -0.25) is 4.79 Å². The SMILES string of the molecule is CC(C)[C@H]([NH-])C(=O)C(F)(F)F. The molecule has 0 spiro atoms. The van der Waals surface area contributed by atoms with Crippen LogP contribution in [0.15, 0.2) is 0 Å². The molecule has 0 amide bonds. The highest BCUT2D eigenvalue weighted by Crippen LogP contribution is 2.22. The number of Topliss-reactive ketones (excluding diaryl/α,β-unsaturated/α-hetero) is 1. The van der Waals surface area contributed by atoms with E-state index in [1.807, 2.05) is 0 Å². The zero-order chi connectivity index (χ0) is 9.23. The first kappa shape index (κ1) is 10.4. The second kappa shape index (κ2) is 3.21. The largest absolute Gasteiger partial charge is 0.668 e. The van der Waals surface area contributed by atoms with Crippen LogP contribution in [0.25, 0.3) is 5.73 Å². The lowest BCUT2D eigenvalue weighted by Crippen LogP contribution is -2.35. The molecule has 5 heteroatoms. The summed E-state index contributed by atoms with van der Waals surface area (Å²) in [7, 11) is 0. The molecule has 0 bridgehead atoms. The van der Waals surface area contributed by atoms with Gasteiger partial charge in [0.1, 0.15) is 0 Å². The maximum Gasteiger partial charge on any atom is 0.448 e. The molecule has 11 heavy (non-hydrogen) atoms. The van der Waals surface area contributed by atoms with E-state index in [0.29, 0.717) is 0 Å². The summed E-state index contributed by atoms with van der Waals surface area (Å²) in [6.45, 7) is 2.81. The number of hydrogen-bond donors (Lipinski definition) is 0. The molecule has 0 heterocycles. The van der Waals surface area contributed by atoms with Crippen molar-refractivity contribution in [2.75, 3.05) is 0 Å². The van der Waals surface area contributed by atoms with Gasteiger partial charge in [0, 0.05) is 0 Å². The molecule has 0 aromatic rings. The Morgan fingerprint density at radius 1 is 1.36 bits per heavy atom. The van der Waals surface area contributed by atoms with Gasteiger partial charge >= 0.3 is 6.18 Å². The van der Waals surface area contributed by atoms with Crippen molar-refractivity contribution < 1.29 is 18.0 Å². The van der Waals surface area contributed by atoms with Gasteiger partial charge < -0.3 is 5.73 Å². The van der Waals surface area contributed by atoms with Crippen LogP contribution in [0.2, 0.25) is 0 Å². The Morgan fingerprint density at radius 2 is 1.73 bits per heavy atom. The number of hydrogen-bond acceptors (Lipinski definition) is 1. The van der Waals surface area contributed by atoms with Crippen LogP contribution >= 0.6 is 0 Å². The molecule has 0 aromatic carbocycles. The quantitative estimate of drug-likeness (QED) is 0.623. The summed E-state index contributed by atoms with van der Waals surface area (Å²) in [5.41, 5.74) is 6.82. The normalized spacial score (nSPS) is 15.2. The van der Waals surface area contributed by atoms with Gasteiger partial charge in [-0.15, -0.1) is 0 Å². The van der Waals surface area contributed by atoms with Crippen LogP contribution in [0.3, 0.4) is 0 Å². The smallest absolute Gasteiger partial charge is 0.448 e. The van der Waals surface area contributed by atoms with E-state index >= 15 is 0 Å². The van der Waals surface area contributed by atoms with E-state index < -0.39 is 23.9 Å². The fourth-order valence-corrected chi connectivity index (χ4v) is 0.479. The molecule has 2 nitrogen and oxygen atoms in total. The van der Waals surface area contributed by atoms with Crippen molar-refractivity contribution in [1.29, 1.82) is 0 Å².